The minimum atomic E-state index is -0.319. The summed E-state index contributed by atoms with van der Waals surface area (Å²) in [5.41, 5.74) is 3.09. The van der Waals surface area contributed by atoms with Crippen molar-refractivity contribution in [1.82, 2.24) is 14.8 Å². The predicted molar refractivity (Wildman–Crippen MR) is 81.5 cm³/mol. The summed E-state index contributed by atoms with van der Waals surface area (Å²) in [6.07, 6.45) is 6.94. The van der Waals surface area contributed by atoms with E-state index < -0.39 is 0 Å². The number of pyridine rings is 1. The zero-order valence-electron chi connectivity index (χ0n) is 12.7. The summed E-state index contributed by atoms with van der Waals surface area (Å²) in [5.74, 6) is -0.475. The molecule has 2 unspecified atom stereocenters. The van der Waals surface area contributed by atoms with Crippen LogP contribution in [0.15, 0.2) is 18.5 Å². The third-order valence-corrected chi connectivity index (χ3v) is 4.77. The second kappa shape index (κ2) is 5.85. The van der Waals surface area contributed by atoms with Crippen LogP contribution in [0.4, 0.5) is 4.39 Å². The smallest absolute Gasteiger partial charge is 0.145 e. The van der Waals surface area contributed by atoms with E-state index in [2.05, 4.69) is 10.1 Å². The first kappa shape index (κ1) is 14.5. The molecule has 1 aliphatic heterocycles. The quantitative estimate of drug-likeness (QED) is 0.816. The molecule has 0 saturated carbocycles. The Morgan fingerprint density at radius 3 is 3.00 bits per heavy atom. The van der Waals surface area contributed by atoms with Gasteiger partial charge in [0.15, 0.2) is 0 Å². The van der Waals surface area contributed by atoms with E-state index in [1.807, 2.05) is 10.7 Å². The van der Waals surface area contributed by atoms with Crippen molar-refractivity contribution < 1.29 is 13.9 Å². The second-order valence-corrected chi connectivity index (χ2v) is 6.25. The van der Waals surface area contributed by atoms with Crippen molar-refractivity contribution in [2.75, 3.05) is 13.2 Å². The average molecular weight is 315 g/mol. The van der Waals surface area contributed by atoms with Crippen LogP contribution in [0.5, 0.6) is 0 Å². The summed E-state index contributed by atoms with van der Waals surface area (Å²) in [5, 5.41) is 4.44. The predicted octanol–water partition coefficient (Wildman–Crippen LogP) is 2.35. The highest BCUT2D eigenvalue weighted by Gasteiger charge is 2.29. The number of carbonyl (C=O) groups excluding carboxylic acids is 1. The Bertz CT molecular complexity index is 737. The Kier molecular flexibility index (Phi) is 3.69. The molecule has 23 heavy (non-hydrogen) atoms. The second-order valence-electron chi connectivity index (χ2n) is 6.25. The van der Waals surface area contributed by atoms with Gasteiger partial charge in [-0.15, -0.1) is 0 Å². The number of aldehydes is 1. The summed E-state index contributed by atoms with van der Waals surface area (Å²) in [6, 6.07) is 2.09. The monoisotopic (exact) mass is 315 g/mol. The van der Waals surface area contributed by atoms with Crippen LogP contribution in [0.3, 0.4) is 0 Å². The Balaban J connectivity index is 1.77. The van der Waals surface area contributed by atoms with Crippen LogP contribution in [-0.4, -0.2) is 34.3 Å². The molecule has 1 aliphatic carbocycles. The number of hydrogen-bond donors (Lipinski definition) is 0. The van der Waals surface area contributed by atoms with Crippen LogP contribution in [0.25, 0.3) is 11.4 Å². The zero-order valence-corrected chi connectivity index (χ0v) is 12.7. The van der Waals surface area contributed by atoms with Gasteiger partial charge in [-0.25, -0.2) is 4.39 Å². The number of halogens is 1. The highest BCUT2D eigenvalue weighted by molar-refractivity contribution is 5.66. The van der Waals surface area contributed by atoms with E-state index in [4.69, 9.17) is 4.74 Å². The molecule has 0 amide bonds. The SMILES string of the molecule is O=CC1Cc2c(F)cnc(-c3ccnn3C3CCCOC3)c2C1. The first-order chi connectivity index (χ1) is 11.3. The Morgan fingerprint density at radius 1 is 1.35 bits per heavy atom. The number of hydrogen-bond acceptors (Lipinski definition) is 4. The van der Waals surface area contributed by atoms with Gasteiger partial charge in [0.1, 0.15) is 12.1 Å². The van der Waals surface area contributed by atoms with Crippen LogP contribution in [0.2, 0.25) is 0 Å². The maximum absolute atomic E-state index is 14.1. The largest absolute Gasteiger partial charge is 0.379 e. The molecular weight excluding hydrogens is 297 g/mol. The van der Waals surface area contributed by atoms with Crippen LogP contribution in [-0.2, 0) is 22.4 Å². The highest BCUT2D eigenvalue weighted by atomic mass is 19.1. The first-order valence-electron chi connectivity index (χ1n) is 8.01. The summed E-state index contributed by atoms with van der Waals surface area (Å²) >= 11 is 0. The van der Waals surface area contributed by atoms with Gasteiger partial charge in [-0.3, -0.25) is 9.67 Å². The number of carbonyl (C=O) groups is 1. The molecule has 2 aromatic rings. The molecule has 3 heterocycles. The summed E-state index contributed by atoms with van der Waals surface area (Å²) in [6.45, 7) is 1.42. The van der Waals surface area contributed by atoms with Crippen LogP contribution in [0.1, 0.15) is 30.0 Å². The summed E-state index contributed by atoms with van der Waals surface area (Å²) in [4.78, 5) is 15.4. The lowest BCUT2D eigenvalue weighted by Crippen LogP contribution is -2.23. The lowest BCUT2D eigenvalue weighted by Gasteiger charge is -2.24. The molecule has 5 nitrogen and oxygen atoms in total. The fourth-order valence-corrected chi connectivity index (χ4v) is 3.63. The van der Waals surface area contributed by atoms with Crippen molar-refractivity contribution >= 4 is 6.29 Å². The molecule has 2 atom stereocenters. The molecule has 2 aliphatic rings. The molecule has 6 heteroatoms. The number of ether oxygens (including phenoxy) is 1. The van der Waals surface area contributed by atoms with Crippen LogP contribution in [0, 0.1) is 11.7 Å². The fraction of sp³-hybridized carbons (Fsp3) is 0.471. The normalized spacial score (nSPS) is 23.7. The van der Waals surface area contributed by atoms with E-state index in [-0.39, 0.29) is 17.8 Å². The number of fused-ring (bicyclic) bond motifs is 1. The molecular formula is C17H18FN3O2. The van der Waals surface area contributed by atoms with Crippen molar-refractivity contribution in [2.45, 2.75) is 31.7 Å². The van der Waals surface area contributed by atoms with Crippen molar-refractivity contribution in [3.63, 3.8) is 0 Å². The van der Waals surface area contributed by atoms with Crippen LogP contribution < -0.4 is 0 Å². The van der Waals surface area contributed by atoms with Crippen molar-refractivity contribution in [2.24, 2.45) is 5.92 Å². The topological polar surface area (TPSA) is 57.0 Å². The lowest BCUT2D eigenvalue weighted by molar-refractivity contribution is -0.110. The zero-order chi connectivity index (χ0) is 15.8. The standard InChI is InChI=1S/C17H18FN3O2/c18-15-8-19-17(14-7-11(9-22)6-13(14)15)16-3-4-20-21(16)12-2-1-5-23-10-12/h3-4,8-9,11-12H,1-2,5-7,10H2. The number of rotatable bonds is 3. The Morgan fingerprint density at radius 2 is 2.22 bits per heavy atom. The van der Waals surface area contributed by atoms with Gasteiger partial charge in [0.25, 0.3) is 0 Å². The fourth-order valence-electron chi connectivity index (χ4n) is 3.63. The maximum Gasteiger partial charge on any atom is 0.145 e. The average Bonchev–Trinajstić information content (AvgIpc) is 3.23. The summed E-state index contributed by atoms with van der Waals surface area (Å²) < 4.78 is 21.6. The maximum atomic E-state index is 14.1. The molecule has 1 fully saturated rings. The van der Waals surface area contributed by atoms with Crippen LogP contribution >= 0.6 is 0 Å². The van der Waals surface area contributed by atoms with Gasteiger partial charge in [-0.05, 0) is 42.9 Å². The van der Waals surface area contributed by atoms with Crippen molar-refractivity contribution in [3.8, 4) is 11.4 Å². The lowest BCUT2D eigenvalue weighted by atomic mass is 10.0. The van der Waals surface area contributed by atoms with Gasteiger partial charge in [-0.1, -0.05) is 0 Å². The molecule has 0 radical (unpaired) electrons. The minimum Gasteiger partial charge on any atom is -0.379 e. The van der Waals surface area contributed by atoms with E-state index in [9.17, 15) is 9.18 Å². The first-order valence-corrected chi connectivity index (χ1v) is 8.01. The van der Waals surface area contributed by atoms with Crippen molar-refractivity contribution in [1.29, 1.82) is 0 Å². The molecule has 4 rings (SSSR count). The van der Waals surface area contributed by atoms with E-state index in [1.165, 1.54) is 6.20 Å². The summed E-state index contributed by atoms with van der Waals surface area (Å²) in [7, 11) is 0. The van der Waals surface area contributed by atoms with Gasteiger partial charge in [0, 0.05) is 18.7 Å². The molecule has 120 valence electrons. The van der Waals surface area contributed by atoms with Gasteiger partial charge >= 0.3 is 0 Å². The highest BCUT2D eigenvalue weighted by Crippen LogP contribution is 2.35. The minimum absolute atomic E-state index is 0.156. The number of nitrogens with zero attached hydrogens (tertiary/aromatic N) is 3. The van der Waals surface area contributed by atoms with E-state index >= 15 is 0 Å². The third kappa shape index (κ3) is 2.47. The van der Waals surface area contributed by atoms with Gasteiger partial charge < -0.3 is 9.53 Å². The molecule has 2 aromatic heterocycles. The van der Waals surface area contributed by atoms with Gasteiger partial charge in [0.05, 0.1) is 30.2 Å². The molecule has 0 aromatic carbocycles. The Labute approximate surface area is 133 Å². The molecule has 1 saturated heterocycles. The third-order valence-electron chi connectivity index (χ3n) is 4.77. The van der Waals surface area contributed by atoms with E-state index in [0.717, 1.165) is 42.7 Å². The molecule has 0 spiro atoms. The van der Waals surface area contributed by atoms with Crippen molar-refractivity contribution in [3.05, 3.63) is 35.4 Å². The molecule has 0 bridgehead atoms. The molecule has 0 N–H and O–H groups in total. The van der Waals surface area contributed by atoms with Gasteiger partial charge in [-0.2, -0.15) is 5.10 Å². The van der Waals surface area contributed by atoms with E-state index in [1.54, 1.807) is 6.20 Å². The van der Waals surface area contributed by atoms with Gasteiger partial charge in [0.2, 0.25) is 0 Å². The van der Waals surface area contributed by atoms with E-state index in [0.29, 0.717) is 25.0 Å². The Hall–Kier alpha value is -2.08. The number of aromatic nitrogens is 3.